The third kappa shape index (κ3) is 2.32. The number of aryl methyl sites for hydroxylation is 1. The van der Waals surface area contributed by atoms with Gasteiger partial charge >= 0.3 is 0 Å². The molecule has 1 saturated carbocycles. The van der Waals surface area contributed by atoms with Crippen LogP contribution in [0.4, 0.5) is 0 Å². The van der Waals surface area contributed by atoms with Crippen molar-refractivity contribution in [1.29, 1.82) is 0 Å². The largest absolute Gasteiger partial charge is 0.343 e. The van der Waals surface area contributed by atoms with E-state index >= 15 is 0 Å². The predicted octanol–water partition coefficient (Wildman–Crippen LogP) is 0.478. The lowest BCUT2D eigenvalue weighted by molar-refractivity contribution is -0.157. The van der Waals surface area contributed by atoms with E-state index in [0.717, 1.165) is 24.8 Å². The van der Waals surface area contributed by atoms with Gasteiger partial charge in [0, 0.05) is 19.8 Å². The third-order valence-corrected chi connectivity index (χ3v) is 4.76. The van der Waals surface area contributed by atoms with E-state index in [0.29, 0.717) is 12.5 Å². The number of rotatable bonds is 4. The number of piperazine rings is 1. The number of aromatic nitrogens is 2. The minimum absolute atomic E-state index is 0.0108. The average Bonchev–Trinajstić information content (AvgIpc) is 3.21. The molecule has 114 valence electrons. The van der Waals surface area contributed by atoms with Gasteiger partial charge in [-0.15, -0.1) is 0 Å². The molecule has 1 N–H and O–H groups in total. The molecule has 2 amide bonds. The summed E-state index contributed by atoms with van der Waals surface area (Å²) >= 11 is 0. The normalized spacial score (nSPS) is 29.7. The fraction of sp³-hybridized carbons (Fsp3) is 0.667. The van der Waals surface area contributed by atoms with Gasteiger partial charge in [-0.05, 0) is 44.6 Å². The smallest absolute Gasteiger partial charge is 0.246 e. The van der Waals surface area contributed by atoms with Crippen LogP contribution < -0.4 is 5.32 Å². The molecule has 0 spiro atoms. The summed E-state index contributed by atoms with van der Waals surface area (Å²) in [5.74, 6) is 0.305. The first kappa shape index (κ1) is 14.1. The summed E-state index contributed by atoms with van der Waals surface area (Å²) in [5, 5.41) is 6.97. The Morgan fingerprint density at radius 3 is 2.71 bits per heavy atom. The van der Waals surface area contributed by atoms with Crippen LogP contribution in [0.3, 0.4) is 0 Å². The molecule has 21 heavy (non-hydrogen) atoms. The Kier molecular flexibility index (Phi) is 3.26. The van der Waals surface area contributed by atoms with E-state index in [4.69, 9.17) is 0 Å². The molecule has 2 atom stereocenters. The summed E-state index contributed by atoms with van der Waals surface area (Å²) in [6.45, 7) is 4.23. The molecule has 0 aromatic carbocycles. The number of amides is 2. The van der Waals surface area contributed by atoms with Crippen molar-refractivity contribution in [3.8, 4) is 0 Å². The van der Waals surface area contributed by atoms with Crippen molar-refractivity contribution in [2.24, 2.45) is 13.0 Å². The Bertz CT molecular complexity index is 578. The maximum atomic E-state index is 12.5. The monoisotopic (exact) mass is 290 g/mol. The minimum atomic E-state index is -0.689. The van der Waals surface area contributed by atoms with Gasteiger partial charge in [-0.25, -0.2) is 0 Å². The zero-order valence-electron chi connectivity index (χ0n) is 12.8. The number of nitrogens with one attached hydrogen (secondary N) is 1. The molecule has 1 aliphatic heterocycles. The summed E-state index contributed by atoms with van der Waals surface area (Å²) in [5.41, 5.74) is 0.397. The van der Waals surface area contributed by atoms with Crippen molar-refractivity contribution < 1.29 is 9.59 Å². The summed E-state index contributed by atoms with van der Waals surface area (Å²) in [7, 11) is 1.87. The Hall–Kier alpha value is -1.85. The van der Waals surface area contributed by atoms with Gasteiger partial charge in [0.1, 0.15) is 11.6 Å². The average molecular weight is 290 g/mol. The van der Waals surface area contributed by atoms with E-state index in [9.17, 15) is 9.59 Å². The van der Waals surface area contributed by atoms with Crippen LogP contribution in [0.5, 0.6) is 0 Å². The quantitative estimate of drug-likeness (QED) is 0.877. The van der Waals surface area contributed by atoms with Gasteiger partial charge in [-0.3, -0.25) is 14.3 Å². The van der Waals surface area contributed by atoms with Crippen molar-refractivity contribution in [3.63, 3.8) is 0 Å². The molecule has 2 heterocycles. The zero-order chi connectivity index (χ0) is 15.2. The van der Waals surface area contributed by atoms with Crippen molar-refractivity contribution in [2.75, 3.05) is 6.54 Å². The number of hydrogen-bond donors (Lipinski definition) is 1. The van der Waals surface area contributed by atoms with E-state index in [2.05, 4.69) is 10.4 Å². The van der Waals surface area contributed by atoms with Gasteiger partial charge in [-0.2, -0.15) is 5.10 Å². The van der Waals surface area contributed by atoms with E-state index in [1.807, 2.05) is 26.4 Å². The van der Waals surface area contributed by atoms with Gasteiger partial charge < -0.3 is 10.2 Å². The van der Waals surface area contributed by atoms with Crippen LogP contribution in [-0.4, -0.2) is 44.6 Å². The van der Waals surface area contributed by atoms with Crippen molar-refractivity contribution in [2.45, 2.75) is 44.7 Å². The lowest BCUT2D eigenvalue weighted by Crippen LogP contribution is -2.70. The number of nitrogens with zero attached hydrogens (tertiary/aromatic N) is 3. The van der Waals surface area contributed by atoms with E-state index in [-0.39, 0.29) is 11.8 Å². The molecule has 2 unspecified atom stereocenters. The molecule has 2 aliphatic rings. The van der Waals surface area contributed by atoms with Crippen molar-refractivity contribution in [3.05, 3.63) is 18.0 Å². The first-order valence-electron chi connectivity index (χ1n) is 7.53. The SMILES string of the molecule is CC1NC(=O)C(C)(C2CC2)N(CCc2cnn(C)c2)C1=O. The van der Waals surface area contributed by atoms with Crippen LogP contribution >= 0.6 is 0 Å². The Labute approximate surface area is 124 Å². The Balaban J connectivity index is 1.80. The first-order valence-corrected chi connectivity index (χ1v) is 7.53. The molecule has 0 radical (unpaired) electrons. The maximum Gasteiger partial charge on any atom is 0.246 e. The van der Waals surface area contributed by atoms with Crippen LogP contribution in [0, 0.1) is 5.92 Å². The molecular formula is C15H22N4O2. The molecule has 3 rings (SSSR count). The summed E-state index contributed by atoms with van der Waals surface area (Å²) in [6, 6.07) is -0.432. The summed E-state index contributed by atoms with van der Waals surface area (Å²) in [6.07, 6.45) is 6.53. The fourth-order valence-electron chi connectivity index (χ4n) is 3.23. The number of carbonyl (C=O) groups excluding carboxylic acids is 2. The molecule has 2 fully saturated rings. The van der Waals surface area contributed by atoms with Gasteiger partial charge in [0.05, 0.1) is 6.20 Å². The molecule has 6 nitrogen and oxygen atoms in total. The molecule has 1 aliphatic carbocycles. The second-order valence-corrected chi connectivity index (χ2v) is 6.38. The number of carbonyl (C=O) groups is 2. The Morgan fingerprint density at radius 1 is 1.43 bits per heavy atom. The Morgan fingerprint density at radius 2 is 2.14 bits per heavy atom. The lowest BCUT2D eigenvalue weighted by atomic mass is 9.88. The van der Waals surface area contributed by atoms with Crippen molar-refractivity contribution >= 4 is 11.8 Å². The molecule has 1 aromatic heterocycles. The molecule has 6 heteroatoms. The summed E-state index contributed by atoms with van der Waals surface area (Å²) in [4.78, 5) is 26.8. The highest BCUT2D eigenvalue weighted by molar-refractivity contribution is 5.99. The second kappa shape index (κ2) is 4.86. The van der Waals surface area contributed by atoms with Crippen LogP contribution in [0.1, 0.15) is 32.3 Å². The maximum absolute atomic E-state index is 12.5. The second-order valence-electron chi connectivity index (χ2n) is 6.38. The predicted molar refractivity (Wildman–Crippen MR) is 77.4 cm³/mol. The first-order chi connectivity index (χ1) is 9.92. The minimum Gasteiger partial charge on any atom is -0.343 e. The topological polar surface area (TPSA) is 67.2 Å². The van der Waals surface area contributed by atoms with Gasteiger partial charge in [0.2, 0.25) is 11.8 Å². The standard InChI is InChI=1S/C15H22N4O2/c1-10-13(20)19(7-6-11-8-16-18(3)9-11)15(2,12-4-5-12)14(21)17-10/h8-10,12H,4-7H2,1-3H3,(H,17,21). The van der Waals surface area contributed by atoms with Crippen LogP contribution in [0.2, 0.25) is 0 Å². The van der Waals surface area contributed by atoms with Crippen LogP contribution in [-0.2, 0) is 23.1 Å². The van der Waals surface area contributed by atoms with E-state index in [1.54, 1.807) is 16.5 Å². The highest BCUT2D eigenvalue weighted by Gasteiger charge is 2.56. The van der Waals surface area contributed by atoms with Gasteiger partial charge in [0.25, 0.3) is 0 Å². The fourth-order valence-corrected chi connectivity index (χ4v) is 3.23. The zero-order valence-corrected chi connectivity index (χ0v) is 12.8. The van der Waals surface area contributed by atoms with Crippen molar-refractivity contribution in [1.82, 2.24) is 20.0 Å². The van der Waals surface area contributed by atoms with Crippen LogP contribution in [0.25, 0.3) is 0 Å². The van der Waals surface area contributed by atoms with E-state index < -0.39 is 11.6 Å². The highest BCUT2D eigenvalue weighted by Crippen LogP contribution is 2.44. The molecular weight excluding hydrogens is 268 g/mol. The molecule has 1 saturated heterocycles. The molecule has 1 aromatic rings. The van der Waals surface area contributed by atoms with Crippen LogP contribution in [0.15, 0.2) is 12.4 Å². The summed E-state index contributed by atoms with van der Waals surface area (Å²) < 4.78 is 1.75. The highest BCUT2D eigenvalue weighted by atomic mass is 16.2. The van der Waals surface area contributed by atoms with E-state index in [1.165, 1.54) is 0 Å². The van der Waals surface area contributed by atoms with Gasteiger partial charge in [-0.1, -0.05) is 0 Å². The third-order valence-electron chi connectivity index (χ3n) is 4.76. The van der Waals surface area contributed by atoms with Gasteiger partial charge in [0.15, 0.2) is 0 Å². The number of hydrogen-bond acceptors (Lipinski definition) is 3. The lowest BCUT2D eigenvalue weighted by Gasteiger charge is -2.46. The molecule has 0 bridgehead atoms.